The molecule has 4 rings (SSSR count). The Kier molecular flexibility index (Phi) is 8.14. The first kappa shape index (κ1) is 26.0. The van der Waals surface area contributed by atoms with E-state index in [4.69, 9.17) is 9.72 Å². The molecule has 1 heterocycles. The van der Waals surface area contributed by atoms with Crippen molar-refractivity contribution in [3.05, 3.63) is 71.1 Å². The molecule has 0 spiro atoms. The number of methoxy groups -OCH3 is 1. The van der Waals surface area contributed by atoms with Gasteiger partial charge in [-0.3, -0.25) is 14.9 Å². The third-order valence-corrected chi connectivity index (χ3v) is 6.89. The van der Waals surface area contributed by atoms with Gasteiger partial charge in [0.05, 0.1) is 29.2 Å². The number of rotatable bonds is 7. The highest BCUT2D eigenvalue weighted by Crippen LogP contribution is 2.35. The summed E-state index contributed by atoms with van der Waals surface area (Å²) in [7, 11) is 1.19. The smallest absolute Gasteiger partial charge is 0.343 e. The fraction of sp³-hybridized carbons (Fsp3) is 0.333. The van der Waals surface area contributed by atoms with Gasteiger partial charge >= 0.3 is 11.7 Å². The van der Waals surface area contributed by atoms with Crippen LogP contribution in [0.5, 0.6) is 5.75 Å². The van der Waals surface area contributed by atoms with Crippen LogP contribution in [-0.4, -0.2) is 40.5 Å². The maximum atomic E-state index is 13.5. The number of hydrogen-bond donors (Lipinski definition) is 0. The average molecular weight is 622 g/mol. The molecule has 1 aromatic heterocycles. The van der Waals surface area contributed by atoms with Gasteiger partial charge in [0.2, 0.25) is 5.75 Å². The van der Waals surface area contributed by atoms with E-state index in [0.29, 0.717) is 21.2 Å². The minimum atomic E-state index is -0.699. The number of benzene rings is 2. The van der Waals surface area contributed by atoms with Crippen LogP contribution in [0.2, 0.25) is 0 Å². The number of fused-ring (bicyclic) bond motifs is 1. The van der Waals surface area contributed by atoms with Gasteiger partial charge in [-0.2, -0.15) is 9.78 Å². The van der Waals surface area contributed by atoms with E-state index in [1.54, 1.807) is 18.2 Å². The highest BCUT2D eigenvalue weighted by molar-refractivity contribution is 9.10. The molecule has 0 amide bonds. The third kappa shape index (κ3) is 5.65. The molecule has 36 heavy (non-hydrogen) atoms. The number of esters is 1. The Morgan fingerprint density at radius 1 is 1.22 bits per heavy atom. The number of nitro benzene ring substituents is 1. The summed E-state index contributed by atoms with van der Waals surface area (Å²) in [5.74, 6) is -0.257. The fourth-order valence-corrected chi connectivity index (χ4v) is 5.03. The molecule has 10 nitrogen and oxygen atoms in total. The van der Waals surface area contributed by atoms with E-state index < -0.39 is 17.5 Å². The van der Waals surface area contributed by atoms with E-state index >= 15 is 0 Å². The summed E-state index contributed by atoms with van der Waals surface area (Å²) in [6.07, 6.45) is 6.29. The molecule has 12 heteroatoms. The topological polar surface area (TPSA) is 126 Å². The van der Waals surface area contributed by atoms with E-state index in [9.17, 15) is 19.7 Å². The summed E-state index contributed by atoms with van der Waals surface area (Å²) in [6, 6.07) is 8.13. The monoisotopic (exact) mass is 620 g/mol. The summed E-state index contributed by atoms with van der Waals surface area (Å²) in [5, 5.41) is 16.5. The van der Waals surface area contributed by atoms with Crippen molar-refractivity contribution >= 4 is 60.6 Å². The van der Waals surface area contributed by atoms with Gasteiger partial charge in [0.15, 0.2) is 6.61 Å². The Hall–Kier alpha value is -3.12. The molecule has 1 fully saturated rings. The Bertz CT molecular complexity index is 1420. The lowest BCUT2D eigenvalue weighted by atomic mass is 9.88. The lowest BCUT2D eigenvalue weighted by Crippen LogP contribution is -2.25. The lowest BCUT2D eigenvalue weighted by Gasteiger charge is -2.22. The maximum Gasteiger partial charge on any atom is 0.343 e. The van der Waals surface area contributed by atoms with Gasteiger partial charge in [-0.25, -0.2) is 9.78 Å². The second-order valence-electron chi connectivity index (χ2n) is 8.29. The number of hydrogen-bond acceptors (Lipinski definition) is 8. The van der Waals surface area contributed by atoms with Crippen molar-refractivity contribution in [2.75, 3.05) is 13.7 Å². The van der Waals surface area contributed by atoms with E-state index in [1.807, 2.05) is 6.07 Å². The molecular weight excluding hydrogens is 600 g/mol. The molecule has 1 aliphatic carbocycles. The van der Waals surface area contributed by atoms with Crippen LogP contribution in [0.4, 0.5) is 5.69 Å². The lowest BCUT2D eigenvalue weighted by molar-refractivity contribution is -0.385. The third-order valence-electron chi connectivity index (χ3n) is 5.94. The molecule has 1 aliphatic rings. The fourth-order valence-electron chi connectivity index (χ4n) is 4.20. The van der Waals surface area contributed by atoms with Crippen molar-refractivity contribution < 1.29 is 19.2 Å². The number of ether oxygens (including phenoxy) is 2. The van der Waals surface area contributed by atoms with Crippen LogP contribution in [-0.2, 0) is 9.53 Å². The normalized spacial score (nSPS) is 14.3. The van der Waals surface area contributed by atoms with Gasteiger partial charge in [0.25, 0.3) is 5.56 Å². The summed E-state index contributed by atoms with van der Waals surface area (Å²) in [6.45, 7) is -0.529. The summed E-state index contributed by atoms with van der Waals surface area (Å²) in [4.78, 5) is 41.0. The van der Waals surface area contributed by atoms with Gasteiger partial charge in [0, 0.05) is 26.5 Å². The Labute approximate surface area is 222 Å². The molecule has 188 valence electrons. The van der Waals surface area contributed by atoms with Crippen LogP contribution < -0.4 is 10.3 Å². The molecule has 0 N–H and O–H groups in total. The van der Waals surface area contributed by atoms with E-state index in [2.05, 4.69) is 41.7 Å². The molecule has 0 unspecified atom stereocenters. The first-order chi connectivity index (χ1) is 17.3. The zero-order valence-electron chi connectivity index (χ0n) is 19.3. The van der Waals surface area contributed by atoms with Crippen molar-refractivity contribution in [3.8, 4) is 5.75 Å². The summed E-state index contributed by atoms with van der Waals surface area (Å²) in [5.41, 5.74) is 0.0704. The van der Waals surface area contributed by atoms with Crippen molar-refractivity contribution in [2.45, 2.75) is 38.0 Å². The molecule has 0 saturated heterocycles. The van der Waals surface area contributed by atoms with Crippen LogP contribution in [0, 0.1) is 10.1 Å². The van der Waals surface area contributed by atoms with E-state index in [-0.39, 0.29) is 28.5 Å². The predicted octanol–water partition coefficient (Wildman–Crippen LogP) is 5.31. The van der Waals surface area contributed by atoms with Gasteiger partial charge in [-0.05, 0) is 37.1 Å². The highest BCUT2D eigenvalue weighted by atomic mass is 79.9. The minimum Gasteiger partial charge on any atom is -0.474 e. The Morgan fingerprint density at radius 3 is 2.67 bits per heavy atom. The predicted molar refractivity (Wildman–Crippen MR) is 141 cm³/mol. The molecule has 0 atom stereocenters. The van der Waals surface area contributed by atoms with Crippen LogP contribution in [0.25, 0.3) is 10.9 Å². The summed E-state index contributed by atoms with van der Waals surface area (Å²) >= 11 is 6.67. The maximum absolute atomic E-state index is 13.5. The first-order valence-electron chi connectivity index (χ1n) is 11.2. The van der Waals surface area contributed by atoms with Gasteiger partial charge in [0.1, 0.15) is 5.82 Å². The van der Waals surface area contributed by atoms with Gasteiger partial charge in [-0.15, -0.1) is 0 Å². The summed E-state index contributed by atoms with van der Waals surface area (Å²) < 4.78 is 12.4. The zero-order chi connectivity index (χ0) is 25.8. The number of carbonyl (C=O) groups excluding carboxylic acids is 1. The number of carbonyl (C=O) groups is 1. The molecule has 1 saturated carbocycles. The average Bonchev–Trinajstić information content (AvgIpc) is 2.87. The SMILES string of the molecule is COC(=O)COc1c(C=Nn2c(C3CCCCC3)nc3ccc(Br)cc3c2=O)cc(Br)cc1[N+](=O)[O-]. The number of aromatic nitrogens is 2. The van der Waals surface area contributed by atoms with Crippen molar-refractivity contribution in [1.82, 2.24) is 9.66 Å². The molecule has 0 aliphatic heterocycles. The zero-order valence-corrected chi connectivity index (χ0v) is 22.5. The van der Waals surface area contributed by atoms with Crippen molar-refractivity contribution in [1.29, 1.82) is 0 Å². The number of nitro groups is 1. The van der Waals surface area contributed by atoms with Gasteiger partial charge in [-0.1, -0.05) is 51.1 Å². The molecule has 0 radical (unpaired) electrons. The minimum absolute atomic E-state index is 0.0588. The largest absolute Gasteiger partial charge is 0.474 e. The van der Waals surface area contributed by atoms with Gasteiger partial charge < -0.3 is 9.47 Å². The molecular formula is C24H22Br2N4O6. The van der Waals surface area contributed by atoms with Crippen LogP contribution in [0.15, 0.2) is 49.2 Å². The Morgan fingerprint density at radius 2 is 1.97 bits per heavy atom. The van der Waals surface area contributed by atoms with Crippen LogP contribution in [0.1, 0.15) is 49.4 Å². The first-order valence-corrected chi connectivity index (χ1v) is 12.8. The standard InChI is InChI=1S/C24H22Br2N4O6/c1-35-21(31)13-36-22-15(9-17(26)11-20(22)30(33)34)12-27-29-23(14-5-3-2-4-6-14)28-19-8-7-16(25)10-18(19)24(29)32/h7-12,14H,2-6,13H2,1H3. The van der Waals surface area contributed by atoms with Crippen LogP contribution >= 0.6 is 31.9 Å². The molecule has 2 aromatic carbocycles. The Balaban J connectivity index is 1.86. The van der Waals surface area contributed by atoms with E-state index in [1.165, 1.54) is 24.1 Å². The van der Waals surface area contributed by atoms with Crippen molar-refractivity contribution in [2.24, 2.45) is 5.10 Å². The molecule has 3 aromatic rings. The number of halogens is 2. The quantitative estimate of drug-likeness (QED) is 0.151. The molecule has 0 bridgehead atoms. The van der Waals surface area contributed by atoms with E-state index in [0.717, 1.165) is 36.6 Å². The van der Waals surface area contributed by atoms with Crippen molar-refractivity contribution in [3.63, 3.8) is 0 Å². The number of nitrogens with zero attached hydrogens (tertiary/aromatic N) is 4. The second kappa shape index (κ2) is 11.3. The highest BCUT2D eigenvalue weighted by Gasteiger charge is 2.24. The van der Waals surface area contributed by atoms with Crippen LogP contribution in [0.3, 0.4) is 0 Å². The second-order valence-corrected chi connectivity index (χ2v) is 10.1.